The van der Waals surface area contributed by atoms with Crippen LogP contribution in [0.3, 0.4) is 0 Å². The number of Topliss-reactive ketones (excluding diaryl/α,β-unsaturated/α-hetero) is 1. The summed E-state index contributed by atoms with van der Waals surface area (Å²) in [5.74, 6) is 0.579. The number of carbonyl (C=O) groups excluding carboxylic acids is 1. The molecule has 1 aromatic carbocycles. The van der Waals surface area contributed by atoms with E-state index in [1.165, 1.54) is 0 Å². The van der Waals surface area contributed by atoms with Gasteiger partial charge in [-0.2, -0.15) is 0 Å². The molecule has 0 N–H and O–H groups in total. The van der Waals surface area contributed by atoms with Gasteiger partial charge in [0.05, 0.1) is 0 Å². The SMILES string of the molecule is Cc1cc(C(=O)CC(C)C(C)(C)C)c(C)cc1Cl. The maximum Gasteiger partial charge on any atom is 0.163 e. The molecule has 0 aromatic heterocycles. The van der Waals surface area contributed by atoms with Gasteiger partial charge in [0.25, 0.3) is 0 Å². The molecule has 0 saturated heterocycles. The molecule has 0 bridgehead atoms. The summed E-state index contributed by atoms with van der Waals surface area (Å²) in [5.41, 5.74) is 2.91. The molecule has 0 heterocycles. The van der Waals surface area contributed by atoms with Gasteiger partial charge in [-0.1, -0.05) is 39.3 Å². The van der Waals surface area contributed by atoms with Gasteiger partial charge in [-0.15, -0.1) is 0 Å². The van der Waals surface area contributed by atoms with Crippen molar-refractivity contribution in [2.45, 2.75) is 48.0 Å². The largest absolute Gasteiger partial charge is 0.294 e. The molecule has 0 amide bonds. The van der Waals surface area contributed by atoms with Crippen LogP contribution in [0.5, 0.6) is 0 Å². The van der Waals surface area contributed by atoms with Crippen LogP contribution in [0.1, 0.15) is 55.6 Å². The van der Waals surface area contributed by atoms with Crippen LogP contribution in [0.25, 0.3) is 0 Å². The first kappa shape index (κ1) is 15.2. The summed E-state index contributed by atoms with van der Waals surface area (Å²) >= 11 is 6.06. The normalized spacial score (nSPS) is 13.5. The molecule has 1 atom stereocenters. The Balaban J connectivity index is 2.95. The minimum absolute atomic E-state index is 0.158. The summed E-state index contributed by atoms with van der Waals surface area (Å²) in [6, 6.07) is 3.79. The Morgan fingerprint density at radius 2 is 1.78 bits per heavy atom. The third-order valence-corrected chi connectivity index (χ3v) is 4.18. The molecule has 100 valence electrons. The fourth-order valence-electron chi connectivity index (χ4n) is 1.78. The third-order valence-electron chi connectivity index (χ3n) is 3.78. The molecule has 1 aromatic rings. The highest BCUT2D eigenvalue weighted by Gasteiger charge is 2.23. The molecule has 0 fully saturated rings. The van der Waals surface area contributed by atoms with Crippen molar-refractivity contribution < 1.29 is 4.79 Å². The van der Waals surface area contributed by atoms with E-state index < -0.39 is 0 Å². The van der Waals surface area contributed by atoms with Crippen LogP contribution in [0.2, 0.25) is 5.02 Å². The molecule has 18 heavy (non-hydrogen) atoms. The fraction of sp³-hybridized carbons (Fsp3) is 0.562. The summed E-state index contributed by atoms with van der Waals surface area (Å²) in [7, 11) is 0. The minimum atomic E-state index is 0.158. The summed E-state index contributed by atoms with van der Waals surface area (Å²) in [6.45, 7) is 12.5. The number of benzene rings is 1. The van der Waals surface area contributed by atoms with Gasteiger partial charge in [-0.05, 0) is 48.4 Å². The number of hydrogen-bond acceptors (Lipinski definition) is 1. The van der Waals surface area contributed by atoms with Crippen LogP contribution in [-0.2, 0) is 0 Å². The highest BCUT2D eigenvalue weighted by Crippen LogP contribution is 2.30. The molecule has 0 saturated carbocycles. The van der Waals surface area contributed by atoms with Crippen molar-refractivity contribution in [3.63, 3.8) is 0 Å². The average molecular weight is 267 g/mol. The molecule has 1 unspecified atom stereocenters. The molecule has 0 aliphatic heterocycles. The van der Waals surface area contributed by atoms with Gasteiger partial charge in [-0.3, -0.25) is 4.79 Å². The van der Waals surface area contributed by atoms with Gasteiger partial charge in [0.2, 0.25) is 0 Å². The summed E-state index contributed by atoms with van der Waals surface area (Å²) in [4.78, 5) is 12.3. The van der Waals surface area contributed by atoms with E-state index >= 15 is 0 Å². The maximum atomic E-state index is 12.3. The molecular weight excluding hydrogens is 244 g/mol. The Hall–Kier alpha value is -0.820. The van der Waals surface area contributed by atoms with Crippen molar-refractivity contribution in [2.75, 3.05) is 0 Å². The number of hydrogen-bond donors (Lipinski definition) is 0. The number of halogens is 1. The molecule has 0 spiro atoms. The highest BCUT2D eigenvalue weighted by atomic mass is 35.5. The second kappa shape index (κ2) is 5.44. The zero-order chi connectivity index (χ0) is 14.1. The maximum absolute atomic E-state index is 12.3. The number of rotatable bonds is 3. The van der Waals surface area contributed by atoms with Crippen molar-refractivity contribution in [3.8, 4) is 0 Å². The smallest absolute Gasteiger partial charge is 0.163 e. The average Bonchev–Trinajstić information content (AvgIpc) is 2.21. The zero-order valence-corrected chi connectivity index (χ0v) is 13.0. The molecule has 0 aliphatic rings. The van der Waals surface area contributed by atoms with Gasteiger partial charge in [0.1, 0.15) is 0 Å². The molecule has 2 heteroatoms. The Bertz CT molecular complexity index is 455. The van der Waals surface area contributed by atoms with Crippen LogP contribution in [0.15, 0.2) is 12.1 Å². The molecule has 1 rings (SSSR count). The molecular formula is C16H23ClO. The fourth-order valence-corrected chi connectivity index (χ4v) is 1.99. The first-order chi connectivity index (χ1) is 8.12. The number of aryl methyl sites for hydroxylation is 2. The lowest BCUT2D eigenvalue weighted by molar-refractivity contribution is 0.0926. The predicted molar refractivity (Wildman–Crippen MR) is 78.5 cm³/mol. The first-order valence-electron chi connectivity index (χ1n) is 6.43. The zero-order valence-electron chi connectivity index (χ0n) is 12.2. The third kappa shape index (κ3) is 3.58. The number of ketones is 1. The predicted octanol–water partition coefficient (Wildman–Crippen LogP) is 5.21. The van der Waals surface area contributed by atoms with E-state index in [-0.39, 0.29) is 11.2 Å². The standard InChI is InChI=1S/C16H23ClO/c1-10-8-14(17)11(2)7-13(10)15(18)9-12(3)16(4,5)6/h7-8,12H,9H2,1-6H3. The van der Waals surface area contributed by atoms with Crippen molar-refractivity contribution >= 4 is 17.4 Å². The van der Waals surface area contributed by atoms with E-state index in [1.807, 2.05) is 26.0 Å². The van der Waals surface area contributed by atoms with Gasteiger partial charge in [-0.25, -0.2) is 0 Å². The molecule has 1 nitrogen and oxygen atoms in total. The molecule has 0 radical (unpaired) electrons. The lowest BCUT2D eigenvalue weighted by atomic mass is 9.78. The summed E-state index contributed by atoms with van der Waals surface area (Å²) in [5, 5.41) is 0.730. The van der Waals surface area contributed by atoms with Crippen LogP contribution in [0.4, 0.5) is 0 Å². The van der Waals surface area contributed by atoms with E-state index in [4.69, 9.17) is 11.6 Å². The van der Waals surface area contributed by atoms with Crippen molar-refractivity contribution in [3.05, 3.63) is 33.8 Å². The monoisotopic (exact) mass is 266 g/mol. The number of carbonyl (C=O) groups is 1. The van der Waals surface area contributed by atoms with E-state index in [0.29, 0.717) is 12.3 Å². The minimum Gasteiger partial charge on any atom is -0.294 e. The van der Waals surface area contributed by atoms with Crippen molar-refractivity contribution in [2.24, 2.45) is 11.3 Å². The Labute approximate surface area is 116 Å². The van der Waals surface area contributed by atoms with Crippen LogP contribution < -0.4 is 0 Å². The van der Waals surface area contributed by atoms with Gasteiger partial charge in [0, 0.05) is 17.0 Å². The Morgan fingerprint density at radius 1 is 1.22 bits per heavy atom. The topological polar surface area (TPSA) is 17.1 Å². The highest BCUT2D eigenvalue weighted by molar-refractivity contribution is 6.31. The van der Waals surface area contributed by atoms with E-state index in [2.05, 4.69) is 27.7 Å². The van der Waals surface area contributed by atoms with E-state index in [0.717, 1.165) is 21.7 Å². The Kier molecular flexibility index (Phi) is 4.61. The van der Waals surface area contributed by atoms with Crippen molar-refractivity contribution in [1.29, 1.82) is 0 Å². The van der Waals surface area contributed by atoms with Gasteiger partial charge < -0.3 is 0 Å². The lowest BCUT2D eigenvalue weighted by Crippen LogP contribution is -2.21. The summed E-state index contributed by atoms with van der Waals surface area (Å²) < 4.78 is 0. The lowest BCUT2D eigenvalue weighted by Gasteiger charge is -2.26. The summed E-state index contributed by atoms with van der Waals surface area (Å²) in [6.07, 6.45) is 0.589. The van der Waals surface area contributed by atoms with Crippen molar-refractivity contribution in [1.82, 2.24) is 0 Å². The van der Waals surface area contributed by atoms with Crippen LogP contribution >= 0.6 is 11.6 Å². The van der Waals surface area contributed by atoms with Crippen LogP contribution in [-0.4, -0.2) is 5.78 Å². The van der Waals surface area contributed by atoms with Gasteiger partial charge >= 0.3 is 0 Å². The molecule has 0 aliphatic carbocycles. The quantitative estimate of drug-likeness (QED) is 0.686. The van der Waals surface area contributed by atoms with E-state index in [9.17, 15) is 4.79 Å². The van der Waals surface area contributed by atoms with E-state index in [1.54, 1.807) is 0 Å². The second-order valence-electron chi connectivity index (χ2n) is 6.31. The first-order valence-corrected chi connectivity index (χ1v) is 6.80. The second-order valence-corrected chi connectivity index (χ2v) is 6.72. The van der Waals surface area contributed by atoms with Gasteiger partial charge in [0.15, 0.2) is 5.78 Å². The Morgan fingerprint density at radius 3 is 2.28 bits per heavy atom. The van der Waals surface area contributed by atoms with Crippen LogP contribution in [0, 0.1) is 25.2 Å².